The number of hydrogen-bond donors (Lipinski definition) is 0. The number of esters is 3. The summed E-state index contributed by atoms with van der Waals surface area (Å²) in [6.45, 7) is 6.58. The first-order valence-corrected chi connectivity index (χ1v) is 36.8. The first-order valence-electron chi connectivity index (χ1n) is 36.8. The van der Waals surface area contributed by atoms with Gasteiger partial charge in [0.05, 0.1) is 0 Å². The van der Waals surface area contributed by atoms with Crippen LogP contribution in [0, 0.1) is 0 Å². The van der Waals surface area contributed by atoms with Crippen LogP contribution >= 0.6 is 0 Å². The SMILES string of the molecule is CC/C=C\C/C=C\C/C=C\C/C=C\C/C=C\CCCCCC(=O)OCC(COC(=O)CCCCCCCCCCCCCCCCCCCCCCCCCCCC)OC(=O)CCCCCCCCCCCCCCCCCCCCCC. The van der Waals surface area contributed by atoms with E-state index in [0.717, 1.165) is 96.3 Å². The molecule has 0 saturated heterocycles. The molecule has 0 spiro atoms. The molecule has 6 nitrogen and oxygen atoms in total. The topological polar surface area (TPSA) is 78.9 Å². The molecule has 0 aromatic rings. The van der Waals surface area contributed by atoms with Gasteiger partial charge in [-0.05, 0) is 64.2 Å². The Morgan fingerprint density at radius 2 is 0.470 bits per heavy atom. The third-order valence-electron chi connectivity index (χ3n) is 16.5. The summed E-state index contributed by atoms with van der Waals surface area (Å²) in [7, 11) is 0. The van der Waals surface area contributed by atoms with Crippen LogP contribution < -0.4 is 0 Å². The molecule has 484 valence electrons. The van der Waals surface area contributed by atoms with Crippen molar-refractivity contribution < 1.29 is 28.6 Å². The number of hydrogen-bond acceptors (Lipinski definition) is 6. The molecule has 6 heteroatoms. The number of allylic oxidation sites excluding steroid dienone is 10. The van der Waals surface area contributed by atoms with Gasteiger partial charge in [-0.15, -0.1) is 0 Å². The van der Waals surface area contributed by atoms with Crippen LogP contribution in [0.4, 0.5) is 0 Å². The van der Waals surface area contributed by atoms with Gasteiger partial charge in [-0.25, -0.2) is 0 Å². The third-order valence-corrected chi connectivity index (χ3v) is 16.5. The van der Waals surface area contributed by atoms with Crippen LogP contribution in [-0.2, 0) is 28.6 Å². The van der Waals surface area contributed by atoms with E-state index >= 15 is 0 Å². The van der Waals surface area contributed by atoms with Crippen LogP contribution in [0.1, 0.15) is 393 Å². The van der Waals surface area contributed by atoms with Crippen LogP contribution in [0.2, 0.25) is 0 Å². The lowest BCUT2D eigenvalue weighted by Gasteiger charge is -2.18. The average Bonchev–Trinajstić information content (AvgIpc) is 3.49. The monoisotopic (exact) mass is 1160 g/mol. The van der Waals surface area contributed by atoms with E-state index in [1.165, 1.54) is 257 Å². The average molecular weight is 1160 g/mol. The zero-order valence-corrected chi connectivity index (χ0v) is 55.7. The van der Waals surface area contributed by atoms with Gasteiger partial charge in [-0.1, -0.05) is 370 Å². The highest BCUT2D eigenvalue weighted by atomic mass is 16.6. The summed E-state index contributed by atoms with van der Waals surface area (Å²) in [5.74, 6) is -0.884. The number of rotatable bonds is 68. The van der Waals surface area contributed by atoms with Crippen LogP contribution in [0.25, 0.3) is 0 Å². The van der Waals surface area contributed by atoms with E-state index in [4.69, 9.17) is 14.2 Å². The minimum absolute atomic E-state index is 0.0795. The van der Waals surface area contributed by atoms with Gasteiger partial charge in [-0.2, -0.15) is 0 Å². The molecule has 0 saturated carbocycles. The van der Waals surface area contributed by atoms with Gasteiger partial charge < -0.3 is 14.2 Å². The van der Waals surface area contributed by atoms with Crippen LogP contribution in [0.5, 0.6) is 0 Å². The van der Waals surface area contributed by atoms with E-state index in [9.17, 15) is 14.4 Å². The molecule has 0 rings (SSSR count). The lowest BCUT2D eigenvalue weighted by Crippen LogP contribution is -2.30. The van der Waals surface area contributed by atoms with Crippen LogP contribution in [0.3, 0.4) is 0 Å². The van der Waals surface area contributed by atoms with Crippen molar-refractivity contribution in [1.29, 1.82) is 0 Å². The molecule has 0 aromatic carbocycles. The summed E-state index contributed by atoms with van der Waals surface area (Å²) in [5.41, 5.74) is 0. The fraction of sp³-hybridized carbons (Fsp3) is 0.831. The quantitative estimate of drug-likeness (QED) is 0.0261. The zero-order chi connectivity index (χ0) is 59.9. The molecule has 1 unspecified atom stereocenters. The van der Waals surface area contributed by atoms with Gasteiger partial charge in [0, 0.05) is 19.3 Å². The summed E-state index contributed by atoms with van der Waals surface area (Å²) in [5, 5.41) is 0. The van der Waals surface area contributed by atoms with Gasteiger partial charge in [-0.3, -0.25) is 14.4 Å². The summed E-state index contributed by atoms with van der Waals surface area (Å²) >= 11 is 0. The number of carbonyl (C=O) groups is 3. The van der Waals surface area contributed by atoms with Crippen molar-refractivity contribution in [1.82, 2.24) is 0 Å². The van der Waals surface area contributed by atoms with Crippen molar-refractivity contribution >= 4 is 17.9 Å². The summed E-state index contributed by atoms with van der Waals surface area (Å²) in [4.78, 5) is 38.5. The Labute approximate surface area is 517 Å². The maximum absolute atomic E-state index is 13.0. The molecule has 0 heterocycles. The van der Waals surface area contributed by atoms with Crippen LogP contribution in [-0.4, -0.2) is 37.2 Å². The molecule has 0 radical (unpaired) electrons. The molecule has 0 N–H and O–H groups in total. The summed E-state index contributed by atoms with van der Waals surface area (Å²) in [6.07, 6.45) is 92.6. The lowest BCUT2D eigenvalue weighted by molar-refractivity contribution is -0.167. The van der Waals surface area contributed by atoms with Crippen LogP contribution in [0.15, 0.2) is 60.8 Å². The Morgan fingerprint density at radius 3 is 0.735 bits per heavy atom. The smallest absolute Gasteiger partial charge is 0.306 e. The van der Waals surface area contributed by atoms with E-state index in [2.05, 4.69) is 81.5 Å². The molecular weight excluding hydrogens is 1020 g/mol. The Balaban J connectivity index is 4.32. The molecule has 1 atom stereocenters. The Kier molecular flexibility index (Phi) is 69.1. The Hall–Kier alpha value is -2.89. The predicted molar refractivity (Wildman–Crippen MR) is 362 cm³/mol. The molecule has 0 aromatic heterocycles. The molecule has 0 aliphatic carbocycles. The Morgan fingerprint density at radius 1 is 0.253 bits per heavy atom. The summed E-state index contributed by atoms with van der Waals surface area (Å²) < 4.78 is 17.0. The molecule has 0 aliphatic heterocycles. The van der Waals surface area contributed by atoms with E-state index in [0.29, 0.717) is 19.3 Å². The predicted octanol–water partition coefficient (Wildman–Crippen LogP) is 25.5. The second-order valence-electron chi connectivity index (χ2n) is 24.8. The van der Waals surface area contributed by atoms with Crippen molar-refractivity contribution in [3.05, 3.63) is 60.8 Å². The van der Waals surface area contributed by atoms with Gasteiger partial charge in [0.1, 0.15) is 13.2 Å². The fourth-order valence-corrected chi connectivity index (χ4v) is 11.1. The van der Waals surface area contributed by atoms with E-state index in [-0.39, 0.29) is 31.1 Å². The van der Waals surface area contributed by atoms with E-state index in [1.54, 1.807) is 0 Å². The maximum Gasteiger partial charge on any atom is 0.306 e. The minimum atomic E-state index is -0.787. The first kappa shape index (κ1) is 80.1. The number of ether oxygens (including phenoxy) is 3. The standard InChI is InChI=1S/C77H140O6/c1-4-7-10-13-16-19-22-25-28-31-34-36-37-38-39-40-41-44-46-49-52-55-58-61-64-67-70-76(79)82-73-74(72-81-75(78)69-66-63-60-57-54-51-48-45-42-33-30-27-24-21-18-15-12-9-6-3)83-77(80)71-68-65-62-59-56-53-50-47-43-35-32-29-26-23-20-17-14-11-8-5-2/h9,12,18,21,27,30,42,45,51,54,74H,4-8,10-11,13-17,19-20,22-26,28-29,31-41,43-44,46-50,52-53,55-73H2,1-3H3/b12-9-,21-18-,30-27-,45-42-,54-51-. The van der Waals surface area contributed by atoms with Crippen molar-refractivity contribution in [2.75, 3.05) is 13.2 Å². The molecule has 0 bridgehead atoms. The molecular formula is C77H140O6. The highest BCUT2D eigenvalue weighted by molar-refractivity contribution is 5.71. The highest BCUT2D eigenvalue weighted by Crippen LogP contribution is 2.19. The van der Waals surface area contributed by atoms with Gasteiger partial charge in [0.25, 0.3) is 0 Å². The fourth-order valence-electron chi connectivity index (χ4n) is 11.1. The third kappa shape index (κ3) is 69.8. The molecule has 0 amide bonds. The Bertz CT molecular complexity index is 1470. The number of unbranched alkanes of at least 4 members (excludes halogenated alkanes) is 47. The molecule has 0 aliphatic rings. The summed E-state index contributed by atoms with van der Waals surface area (Å²) in [6, 6.07) is 0. The van der Waals surface area contributed by atoms with E-state index in [1.807, 2.05) is 0 Å². The van der Waals surface area contributed by atoms with Gasteiger partial charge in [0.2, 0.25) is 0 Å². The largest absolute Gasteiger partial charge is 0.462 e. The van der Waals surface area contributed by atoms with Crippen molar-refractivity contribution in [3.63, 3.8) is 0 Å². The van der Waals surface area contributed by atoms with Crippen molar-refractivity contribution in [2.45, 2.75) is 399 Å². The van der Waals surface area contributed by atoms with Gasteiger partial charge >= 0.3 is 17.9 Å². The van der Waals surface area contributed by atoms with E-state index < -0.39 is 6.10 Å². The van der Waals surface area contributed by atoms with Gasteiger partial charge in [0.15, 0.2) is 6.10 Å². The number of carbonyl (C=O) groups excluding carboxylic acids is 3. The second kappa shape index (κ2) is 71.6. The molecule has 83 heavy (non-hydrogen) atoms. The lowest BCUT2D eigenvalue weighted by atomic mass is 10.0. The van der Waals surface area contributed by atoms with Crippen molar-refractivity contribution in [2.24, 2.45) is 0 Å². The maximum atomic E-state index is 13.0. The molecule has 0 fully saturated rings. The minimum Gasteiger partial charge on any atom is -0.462 e. The normalized spacial score (nSPS) is 12.4. The van der Waals surface area contributed by atoms with Crippen molar-refractivity contribution in [3.8, 4) is 0 Å². The zero-order valence-electron chi connectivity index (χ0n) is 55.7. The highest BCUT2D eigenvalue weighted by Gasteiger charge is 2.19. The second-order valence-corrected chi connectivity index (χ2v) is 24.8. The first-order chi connectivity index (χ1) is 41.0.